The van der Waals surface area contributed by atoms with Crippen LogP contribution in [0.15, 0.2) is 15.9 Å². The highest BCUT2D eigenvalue weighted by atomic mass is 79.9. The molecule has 1 amide bonds. The van der Waals surface area contributed by atoms with Crippen molar-refractivity contribution in [2.24, 2.45) is 0 Å². The molecule has 0 spiro atoms. The van der Waals surface area contributed by atoms with Crippen molar-refractivity contribution >= 4 is 33.2 Å². The molecule has 16 heavy (non-hydrogen) atoms. The fraction of sp³-hybridized carbons (Fsp3) is 0.545. The van der Waals surface area contributed by atoms with Gasteiger partial charge in [-0.05, 0) is 40.9 Å². The van der Waals surface area contributed by atoms with Crippen LogP contribution in [0.3, 0.4) is 0 Å². The summed E-state index contributed by atoms with van der Waals surface area (Å²) in [6.07, 6.45) is 2.14. The Balaban J connectivity index is 1.66. The number of carbonyl (C=O) groups excluding carboxylic acids is 1. The van der Waals surface area contributed by atoms with Gasteiger partial charge >= 0.3 is 0 Å². The minimum Gasteiger partial charge on any atom is -0.389 e. The molecule has 3 nitrogen and oxygen atoms in total. The van der Waals surface area contributed by atoms with Gasteiger partial charge in [0, 0.05) is 24.4 Å². The molecule has 0 unspecified atom stereocenters. The number of hydrogen-bond acceptors (Lipinski definition) is 3. The Kier molecular flexibility index (Phi) is 4.00. The molecule has 0 saturated carbocycles. The molecule has 1 aliphatic heterocycles. The van der Waals surface area contributed by atoms with E-state index in [0.29, 0.717) is 19.5 Å². The number of amides is 1. The smallest absolute Gasteiger partial charge is 0.222 e. The number of nitrogens with zero attached hydrogens (tertiary/aromatic N) is 1. The van der Waals surface area contributed by atoms with E-state index in [4.69, 9.17) is 5.11 Å². The number of thiophene rings is 1. The summed E-state index contributed by atoms with van der Waals surface area (Å²) < 4.78 is 1.14. The SMILES string of the molecule is O=C(CCCc1ccc(Br)s1)N1CC(O)C1. The van der Waals surface area contributed by atoms with Crippen LogP contribution in [0.2, 0.25) is 0 Å². The van der Waals surface area contributed by atoms with Crippen molar-refractivity contribution in [3.63, 3.8) is 0 Å². The van der Waals surface area contributed by atoms with Gasteiger partial charge in [0.2, 0.25) is 5.91 Å². The fourth-order valence-corrected chi connectivity index (χ4v) is 3.24. The van der Waals surface area contributed by atoms with Gasteiger partial charge in [-0.3, -0.25) is 4.79 Å². The number of carbonyl (C=O) groups is 1. The molecule has 1 aromatic rings. The highest BCUT2D eigenvalue weighted by Gasteiger charge is 2.27. The summed E-state index contributed by atoms with van der Waals surface area (Å²) in [7, 11) is 0. The number of aliphatic hydroxyl groups is 1. The maximum absolute atomic E-state index is 11.6. The highest BCUT2D eigenvalue weighted by Crippen LogP contribution is 2.23. The Labute approximate surface area is 107 Å². The predicted molar refractivity (Wildman–Crippen MR) is 67.5 cm³/mol. The van der Waals surface area contributed by atoms with Crippen LogP contribution >= 0.6 is 27.3 Å². The van der Waals surface area contributed by atoms with Gasteiger partial charge in [0.15, 0.2) is 0 Å². The van der Waals surface area contributed by atoms with Crippen LogP contribution < -0.4 is 0 Å². The van der Waals surface area contributed by atoms with Gasteiger partial charge in [0.1, 0.15) is 0 Å². The van der Waals surface area contributed by atoms with Gasteiger partial charge in [-0.1, -0.05) is 0 Å². The van der Waals surface area contributed by atoms with Gasteiger partial charge in [0.25, 0.3) is 0 Å². The molecule has 1 N–H and O–H groups in total. The fourth-order valence-electron chi connectivity index (χ4n) is 1.72. The van der Waals surface area contributed by atoms with E-state index in [9.17, 15) is 4.79 Å². The monoisotopic (exact) mass is 303 g/mol. The summed E-state index contributed by atoms with van der Waals surface area (Å²) in [5.41, 5.74) is 0. The molecule has 88 valence electrons. The third-order valence-electron chi connectivity index (χ3n) is 2.66. The lowest BCUT2D eigenvalue weighted by molar-refractivity contribution is -0.141. The molecule has 5 heteroatoms. The highest BCUT2D eigenvalue weighted by molar-refractivity contribution is 9.11. The molecular formula is C11H14BrNO2S. The van der Waals surface area contributed by atoms with Gasteiger partial charge in [-0.15, -0.1) is 11.3 Å². The molecule has 1 aliphatic rings. The van der Waals surface area contributed by atoms with Crippen molar-refractivity contribution in [3.8, 4) is 0 Å². The van der Waals surface area contributed by atoms with Gasteiger partial charge < -0.3 is 10.0 Å². The summed E-state index contributed by atoms with van der Waals surface area (Å²) in [6, 6.07) is 4.13. The minimum absolute atomic E-state index is 0.168. The number of rotatable bonds is 4. The minimum atomic E-state index is -0.294. The first-order valence-corrected chi connectivity index (χ1v) is 6.96. The van der Waals surface area contributed by atoms with Crippen molar-refractivity contribution in [1.29, 1.82) is 0 Å². The second kappa shape index (κ2) is 5.29. The largest absolute Gasteiger partial charge is 0.389 e. The van der Waals surface area contributed by atoms with Crippen LogP contribution in [-0.4, -0.2) is 35.1 Å². The molecule has 1 saturated heterocycles. The van der Waals surface area contributed by atoms with Crippen LogP contribution in [0.1, 0.15) is 17.7 Å². The number of aliphatic hydroxyl groups excluding tert-OH is 1. The molecule has 0 atom stereocenters. The van der Waals surface area contributed by atoms with E-state index in [2.05, 4.69) is 22.0 Å². The molecule has 1 aromatic heterocycles. The number of halogens is 1. The molecule has 1 fully saturated rings. The zero-order chi connectivity index (χ0) is 11.5. The standard InChI is InChI=1S/C11H14BrNO2S/c12-10-5-4-9(16-10)2-1-3-11(15)13-6-8(14)7-13/h4-5,8,14H,1-3,6-7H2. The zero-order valence-corrected chi connectivity index (χ0v) is 11.3. The molecular weight excluding hydrogens is 290 g/mol. The van der Waals surface area contributed by atoms with E-state index >= 15 is 0 Å². The van der Waals surface area contributed by atoms with Crippen molar-refractivity contribution in [1.82, 2.24) is 4.90 Å². The average Bonchev–Trinajstić information content (AvgIpc) is 2.59. The number of β-amino-alcohol motifs (C(OH)–C–C–N with tert-alkyl or cyclic N) is 1. The Hall–Kier alpha value is -0.390. The second-order valence-corrected chi connectivity index (χ2v) is 6.56. The summed E-state index contributed by atoms with van der Waals surface area (Å²) >= 11 is 5.14. The Bertz CT molecular complexity index is 374. The molecule has 0 bridgehead atoms. The van der Waals surface area contributed by atoms with E-state index < -0.39 is 0 Å². The van der Waals surface area contributed by atoms with E-state index in [-0.39, 0.29) is 12.0 Å². The third kappa shape index (κ3) is 3.06. The summed E-state index contributed by atoms with van der Waals surface area (Å²) in [4.78, 5) is 14.6. The Morgan fingerprint density at radius 3 is 2.88 bits per heavy atom. The quantitative estimate of drug-likeness (QED) is 0.925. The van der Waals surface area contributed by atoms with Crippen LogP contribution in [0.4, 0.5) is 0 Å². The molecule has 0 radical (unpaired) electrons. The van der Waals surface area contributed by atoms with Gasteiger partial charge in [0.05, 0.1) is 9.89 Å². The van der Waals surface area contributed by atoms with Crippen molar-refractivity contribution in [2.75, 3.05) is 13.1 Å². The molecule has 2 rings (SSSR count). The third-order valence-corrected chi connectivity index (χ3v) is 4.34. The first-order chi connectivity index (χ1) is 7.65. The lowest BCUT2D eigenvalue weighted by atomic mass is 10.1. The number of hydrogen-bond donors (Lipinski definition) is 1. The lowest BCUT2D eigenvalue weighted by Gasteiger charge is -2.35. The summed E-state index contributed by atoms with van der Waals surface area (Å²) in [5, 5.41) is 9.08. The second-order valence-electron chi connectivity index (χ2n) is 4.01. The maximum Gasteiger partial charge on any atom is 0.222 e. The van der Waals surface area contributed by atoms with Crippen molar-refractivity contribution < 1.29 is 9.90 Å². The van der Waals surface area contributed by atoms with Crippen LogP contribution in [0, 0.1) is 0 Å². The van der Waals surface area contributed by atoms with Crippen LogP contribution in [-0.2, 0) is 11.2 Å². The van der Waals surface area contributed by atoms with E-state index in [1.807, 2.05) is 6.07 Å². The topological polar surface area (TPSA) is 40.5 Å². The lowest BCUT2D eigenvalue weighted by Crippen LogP contribution is -2.53. The maximum atomic E-state index is 11.6. The zero-order valence-electron chi connectivity index (χ0n) is 8.86. The van der Waals surface area contributed by atoms with E-state index in [0.717, 1.165) is 16.6 Å². The first kappa shape index (κ1) is 12.1. The molecule has 0 aromatic carbocycles. The van der Waals surface area contributed by atoms with E-state index in [1.165, 1.54) is 4.88 Å². The number of likely N-dealkylation sites (tertiary alicyclic amines) is 1. The Morgan fingerprint density at radius 2 is 2.31 bits per heavy atom. The van der Waals surface area contributed by atoms with Crippen molar-refractivity contribution in [2.45, 2.75) is 25.4 Å². The average molecular weight is 304 g/mol. The normalized spacial score (nSPS) is 16.2. The summed E-state index contributed by atoms with van der Waals surface area (Å²) in [5.74, 6) is 0.168. The van der Waals surface area contributed by atoms with Gasteiger partial charge in [-0.25, -0.2) is 0 Å². The van der Waals surface area contributed by atoms with Crippen molar-refractivity contribution in [3.05, 3.63) is 20.8 Å². The van der Waals surface area contributed by atoms with Crippen LogP contribution in [0.25, 0.3) is 0 Å². The Morgan fingerprint density at radius 1 is 1.56 bits per heavy atom. The molecule has 2 heterocycles. The van der Waals surface area contributed by atoms with Crippen LogP contribution in [0.5, 0.6) is 0 Å². The predicted octanol–water partition coefficient (Wildman–Crippen LogP) is 2.04. The summed E-state index contributed by atoms with van der Waals surface area (Å²) in [6.45, 7) is 1.03. The first-order valence-electron chi connectivity index (χ1n) is 5.35. The number of aryl methyl sites for hydroxylation is 1. The van der Waals surface area contributed by atoms with Gasteiger partial charge in [-0.2, -0.15) is 0 Å². The molecule has 0 aliphatic carbocycles. The van der Waals surface area contributed by atoms with E-state index in [1.54, 1.807) is 16.2 Å².